The van der Waals surface area contributed by atoms with Crippen LogP contribution in [-0.2, 0) is 11.2 Å². The first-order valence-electron chi connectivity index (χ1n) is 7.90. The summed E-state index contributed by atoms with van der Waals surface area (Å²) >= 11 is 0. The maximum atomic E-state index is 13.6. The number of carbonyl (C=O) groups is 2. The molecule has 2 aromatic rings. The third-order valence-electron chi connectivity index (χ3n) is 3.72. The summed E-state index contributed by atoms with van der Waals surface area (Å²) in [5, 5.41) is 2.66. The first-order valence-corrected chi connectivity index (χ1v) is 7.90. The number of carbonyl (C=O) groups excluding carboxylic acids is 2. The fourth-order valence-electron chi connectivity index (χ4n) is 2.37. The molecule has 0 aliphatic heterocycles. The van der Waals surface area contributed by atoms with Crippen LogP contribution in [0.5, 0.6) is 0 Å². The summed E-state index contributed by atoms with van der Waals surface area (Å²) in [5.41, 5.74) is 5.98. The van der Waals surface area contributed by atoms with Gasteiger partial charge >= 0.3 is 6.09 Å². The van der Waals surface area contributed by atoms with Gasteiger partial charge in [-0.3, -0.25) is 4.79 Å². The van der Waals surface area contributed by atoms with E-state index in [1.54, 1.807) is 32.0 Å². The van der Waals surface area contributed by atoms with Crippen molar-refractivity contribution in [3.63, 3.8) is 0 Å². The van der Waals surface area contributed by atoms with Gasteiger partial charge in [-0.15, -0.1) is 0 Å². The van der Waals surface area contributed by atoms with Crippen molar-refractivity contribution >= 4 is 17.7 Å². The number of ether oxygens (including phenoxy) is 1. The highest BCUT2D eigenvalue weighted by Crippen LogP contribution is 2.19. The minimum atomic E-state index is -0.795. The van der Waals surface area contributed by atoms with Crippen molar-refractivity contribution in [1.29, 1.82) is 0 Å². The van der Waals surface area contributed by atoms with Crippen molar-refractivity contribution in [3.05, 3.63) is 65.5 Å². The van der Waals surface area contributed by atoms with Crippen LogP contribution in [0.2, 0.25) is 0 Å². The molecule has 132 valence electrons. The molecule has 0 fully saturated rings. The average Bonchev–Trinajstić information content (AvgIpc) is 2.53. The number of hydrogen-bond acceptors (Lipinski definition) is 3. The summed E-state index contributed by atoms with van der Waals surface area (Å²) in [6.07, 6.45) is 0.495. The van der Waals surface area contributed by atoms with Crippen molar-refractivity contribution in [2.45, 2.75) is 32.3 Å². The van der Waals surface area contributed by atoms with Crippen LogP contribution in [0.4, 0.5) is 14.9 Å². The maximum Gasteiger partial charge on any atom is 0.405 e. The fourth-order valence-corrected chi connectivity index (χ4v) is 2.37. The molecule has 0 spiro atoms. The van der Waals surface area contributed by atoms with Crippen molar-refractivity contribution < 1.29 is 18.7 Å². The van der Waals surface area contributed by atoms with Crippen LogP contribution in [0.3, 0.4) is 0 Å². The molecule has 0 aliphatic rings. The molecule has 0 atom stereocenters. The van der Waals surface area contributed by atoms with E-state index in [1.807, 2.05) is 12.1 Å². The molecule has 0 unspecified atom stereocenters. The summed E-state index contributed by atoms with van der Waals surface area (Å²) in [4.78, 5) is 22.9. The van der Waals surface area contributed by atoms with Gasteiger partial charge in [-0.25, -0.2) is 9.18 Å². The normalized spacial score (nSPS) is 11.0. The number of halogens is 1. The summed E-state index contributed by atoms with van der Waals surface area (Å²) in [5.74, 6) is -1.06. The van der Waals surface area contributed by atoms with Crippen LogP contribution in [0.25, 0.3) is 0 Å². The van der Waals surface area contributed by atoms with Gasteiger partial charge < -0.3 is 15.8 Å². The molecule has 0 aromatic heterocycles. The summed E-state index contributed by atoms with van der Waals surface area (Å²) in [6.45, 7) is 3.58. The second kappa shape index (κ2) is 7.79. The van der Waals surface area contributed by atoms with E-state index in [0.717, 1.165) is 5.56 Å². The molecule has 0 aliphatic carbocycles. The molecule has 0 radical (unpaired) electrons. The number of rotatable bonds is 6. The Morgan fingerprint density at radius 3 is 2.36 bits per heavy atom. The number of amides is 2. The lowest BCUT2D eigenvalue weighted by Gasteiger charge is -2.23. The third kappa shape index (κ3) is 5.60. The average molecular weight is 344 g/mol. The van der Waals surface area contributed by atoms with E-state index in [9.17, 15) is 14.0 Å². The van der Waals surface area contributed by atoms with Crippen molar-refractivity contribution in [3.8, 4) is 0 Å². The third-order valence-corrected chi connectivity index (χ3v) is 3.72. The number of anilines is 1. The monoisotopic (exact) mass is 344 g/mol. The van der Waals surface area contributed by atoms with Crippen molar-refractivity contribution in [1.82, 2.24) is 0 Å². The molecule has 0 saturated carbocycles. The topological polar surface area (TPSA) is 81.4 Å². The molecule has 0 bridgehead atoms. The number of nitrogens with one attached hydrogen (secondary N) is 1. The highest BCUT2D eigenvalue weighted by atomic mass is 19.1. The van der Waals surface area contributed by atoms with Crippen LogP contribution >= 0.6 is 0 Å². The SMILES string of the molecule is CC(C)(CCc1ccc(NC(=O)c2ccccc2F)cc1)OC(N)=O. The summed E-state index contributed by atoms with van der Waals surface area (Å²) < 4.78 is 18.6. The largest absolute Gasteiger partial charge is 0.444 e. The number of hydrogen-bond donors (Lipinski definition) is 2. The summed E-state index contributed by atoms with van der Waals surface area (Å²) in [7, 11) is 0. The smallest absolute Gasteiger partial charge is 0.405 e. The molecule has 2 aromatic carbocycles. The predicted octanol–water partition coefficient (Wildman–Crippen LogP) is 3.88. The molecule has 2 rings (SSSR count). The van der Waals surface area contributed by atoms with Gasteiger partial charge in [-0.1, -0.05) is 24.3 Å². The zero-order chi connectivity index (χ0) is 18.4. The number of primary amides is 1. The van der Waals surface area contributed by atoms with E-state index in [-0.39, 0.29) is 5.56 Å². The Morgan fingerprint density at radius 1 is 1.12 bits per heavy atom. The minimum absolute atomic E-state index is 0.00285. The van der Waals surface area contributed by atoms with Crippen LogP contribution in [0.1, 0.15) is 36.2 Å². The Balaban J connectivity index is 1.95. The van der Waals surface area contributed by atoms with Gasteiger partial charge in [0.1, 0.15) is 11.4 Å². The van der Waals surface area contributed by atoms with Gasteiger partial charge in [0.2, 0.25) is 0 Å². The number of nitrogens with two attached hydrogens (primary N) is 1. The number of aryl methyl sites for hydroxylation is 1. The highest BCUT2D eigenvalue weighted by Gasteiger charge is 2.21. The molecule has 25 heavy (non-hydrogen) atoms. The van der Waals surface area contributed by atoms with Crippen LogP contribution in [0.15, 0.2) is 48.5 Å². The highest BCUT2D eigenvalue weighted by molar-refractivity contribution is 6.04. The second-order valence-electron chi connectivity index (χ2n) is 6.31. The standard InChI is InChI=1S/C19H21FN2O3/c1-19(2,25-18(21)24)12-11-13-7-9-14(10-8-13)22-17(23)15-5-3-4-6-16(15)20/h3-10H,11-12H2,1-2H3,(H2,21,24)(H,22,23). The molecule has 5 nitrogen and oxygen atoms in total. The van der Waals surface area contributed by atoms with E-state index >= 15 is 0 Å². The van der Waals surface area contributed by atoms with Crippen molar-refractivity contribution in [2.24, 2.45) is 5.73 Å². The Labute approximate surface area is 146 Å². The molecule has 0 saturated heterocycles. The Kier molecular flexibility index (Phi) is 5.75. The van der Waals surface area contributed by atoms with E-state index in [1.165, 1.54) is 18.2 Å². The molecular weight excluding hydrogens is 323 g/mol. The lowest BCUT2D eigenvalue weighted by Crippen LogP contribution is -2.31. The minimum Gasteiger partial charge on any atom is -0.444 e. The molecular formula is C19H21FN2O3. The molecule has 0 heterocycles. The van der Waals surface area contributed by atoms with Gasteiger partial charge in [0, 0.05) is 5.69 Å². The lowest BCUT2D eigenvalue weighted by molar-refractivity contribution is 0.0394. The quantitative estimate of drug-likeness (QED) is 0.834. The lowest BCUT2D eigenvalue weighted by atomic mass is 9.98. The number of benzene rings is 2. The maximum absolute atomic E-state index is 13.6. The molecule has 6 heteroatoms. The van der Waals surface area contributed by atoms with Crippen LogP contribution in [-0.4, -0.2) is 17.6 Å². The second-order valence-corrected chi connectivity index (χ2v) is 6.31. The molecule has 2 amide bonds. The Morgan fingerprint density at radius 2 is 1.76 bits per heavy atom. The Hall–Kier alpha value is -2.89. The van der Waals surface area contributed by atoms with Gasteiger partial charge in [0.25, 0.3) is 5.91 Å². The first-order chi connectivity index (χ1) is 11.8. The van der Waals surface area contributed by atoms with Gasteiger partial charge in [0.15, 0.2) is 0 Å². The van der Waals surface area contributed by atoms with E-state index < -0.39 is 23.4 Å². The first kappa shape index (κ1) is 18.4. The van der Waals surface area contributed by atoms with Gasteiger partial charge in [-0.05, 0) is 56.5 Å². The zero-order valence-corrected chi connectivity index (χ0v) is 14.2. The summed E-state index contributed by atoms with van der Waals surface area (Å²) in [6, 6.07) is 13.0. The van der Waals surface area contributed by atoms with Crippen LogP contribution in [0, 0.1) is 5.82 Å². The zero-order valence-electron chi connectivity index (χ0n) is 14.2. The Bertz CT molecular complexity index is 758. The van der Waals surface area contributed by atoms with Gasteiger partial charge in [-0.2, -0.15) is 0 Å². The predicted molar refractivity (Wildman–Crippen MR) is 93.9 cm³/mol. The van der Waals surface area contributed by atoms with E-state index in [4.69, 9.17) is 10.5 Å². The van der Waals surface area contributed by atoms with Crippen molar-refractivity contribution in [2.75, 3.05) is 5.32 Å². The van der Waals surface area contributed by atoms with Gasteiger partial charge in [0.05, 0.1) is 5.56 Å². The van der Waals surface area contributed by atoms with E-state index in [0.29, 0.717) is 18.5 Å². The fraction of sp³-hybridized carbons (Fsp3) is 0.263. The van der Waals surface area contributed by atoms with E-state index in [2.05, 4.69) is 5.32 Å². The molecule has 3 N–H and O–H groups in total. The van der Waals surface area contributed by atoms with Crippen LogP contribution < -0.4 is 11.1 Å².